The van der Waals surface area contributed by atoms with Gasteiger partial charge in [-0.05, 0) is 30.3 Å². The van der Waals surface area contributed by atoms with Crippen LogP contribution in [0, 0.1) is 11.2 Å². The van der Waals surface area contributed by atoms with E-state index in [9.17, 15) is 4.39 Å². The molecule has 1 aromatic carbocycles. The Kier molecular flexibility index (Phi) is 3.97. The van der Waals surface area contributed by atoms with Crippen LogP contribution in [0.1, 0.15) is 5.56 Å². The van der Waals surface area contributed by atoms with Crippen molar-refractivity contribution in [1.82, 2.24) is 4.98 Å². The van der Waals surface area contributed by atoms with E-state index in [1.807, 2.05) is 0 Å². The molecule has 0 aliphatic carbocycles. The van der Waals surface area contributed by atoms with E-state index in [1.54, 1.807) is 18.3 Å². The summed E-state index contributed by atoms with van der Waals surface area (Å²) in [6, 6.07) is 7.54. The Labute approximate surface area is 114 Å². The van der Waals surface area contributed by atoms with E-state index in [1.165, 1.54) is 25.3 Å². The molecule has 0 aliphatic heterocycles. The molecule has 0 saturated heterocycles. The summed E-state index contributed by atoms with van der Waals surface area (Å²) >= 11 is 5.68. The number of methoxy groups -OCH3 is 1. The summed E-state index contributed by atoms with van der Waals surface area (Å²) < 4.78 is 18.1. The molecule has 2 N–H and O–H groups in total. The maximum absolute atomic E-state index is 13.0. The first kappa shape index (κ1) is 13.3. The molecular weight excluding hydrogens is 269 g/mol. The van der Waals surface area contributed by atoms with Gasteiger partial charge in [0.25, 0.3) is 0 Å². The third-order valence-electron chi connectivity index (χ3n) is 2.42. The fraction of sp³-hybridized carbons (Fsp3) is 0.0769. The van der Waals surface area contributed by atoms with Gasteiger partial charge in [-0.2, -0.15) is 0 Å². The average Bonchev–Trinajstić information content (AvgIpc) is 2.43. The standard InChI is InChI=1S/C13H11ClFN3O/c1-19-13-9(3-2-6-17-13)12(16)18-8-4-5-11(15)10(14)7-8/h2-7H,1H3,(H2,16,18). The highest BCUT2D eigenvalue weighted by molar-refractivity contribution is 6.31. The quantitative estimate of drug-likeness (QED) is 0.669. The zero-order chi connectivity index (χ0) is 13.8. The molecule has 0 spiro atoms. The Bertz CT molecular complexity index is 619. The molecule has 0 unspecified atom stereocenters. The van der Waals surface area contributed by atoms with Crippen LogP contribution in [0.3, 0.4) is 0 Å². The van der Waals surface area contributed by atoms with Crippen molar-refractivity contribution >= 4 is 23.1 Å². The summed E-state index contributed by atoms with van der Waals surface area (Å²) in [6.45, 7) is 0. The number of anilines is 1. The largest absolute Gasteiger partial charge is 0.480 e. The highest BCUT2D eigenvalue weighted by Crippen LogP contribution is 2.21. The molecule has 1 aromatic heterocycles. The number of aromatic nitrogens is 1. The van der Waals surface area contributed by atoms with Gasteiger partial charge in [0.1, 0.15) is 11.7 Å². The van der Waals surface area contributed by atoms with Gasteiger partial charge in [0.15, 0.2) is 0 Å². The third-order valence-corrected chi connectivity index (χ3v) is 2.71. The average molecular weight is 280 g/mol. The molecule has 19 heavy (non-hydrogen) atoms. The highest BCUT2D eigenvalue weighted by Gasteiger charge is 2.10. The van der Waals surface area contributed by atoms with Crippen LogP contribution in [0.4, 0.5) is 10.1 Å². The zero-order valence-corrected chi connectivity index (χ0v) is 10.8. The summed E-state index contributed by atoms with van der Waals surface area (Å²) in [4.78, 5) is 4.00. The van der Waals surface area contributed by atoms with Crippen LogP contribution in [0.5, 0.6) is 5.88 Å². The zero-order valence-electron chi connectivity index (χ0n) is 10.1. The first-order chi connectivity index (χ1) is 9.11. The van der Waals surface area contributed by atoms with Gasteiger partial charge in [-0.15, -0.1) is 0 Å². The molecule has 0 saturated carbocycles. The maximum atomic E-state index is 13.0. The Morgan fingerprint density at radius 1 is 1.42 bits per heavy atom. The van der Waals surface area contributed by atoms with Gasteiger partial charge in [-0.25, -0.2) is 9.37 Å². The first-order valence-electron chi connectivity index (χ1n) is 5.42. The lowest BCUT2D eigenvalue weighted by atomic mass is 10.2. The van der Waals surface area contributed by atoms with Gasteiger partial charge < -0.3 is 10.1 Å². The number of ether oxygens (including phenoxy) is 1. The number of nitrogens with one attached hydrogen (secondary N) is 2. The minimum atomic E-state index is -0.502. The van der Waals surface area contributed by atoms with Crippen LogP contribution >= 0.6 is 11.6 Å². The minimum Gasteiger partial charge on any atom is -0.480 e. The second-order valence-electron chi connectivity index (χ2n) is 3.69. The monoisotopic (exact) mass is 279 g/mol. The Hall–Kier alpha value is -2.14. The summed E-state index contributed by atoms with van der Waals surface area (Å²) in [5.74, 6) is -0.0708. The highest BCUT2D eigenvalue weighted by atomic mass is 35.5. The molecule has 0 fully saturated rings. The molecule has 2 rings (SSSR count). The lowest BCUT2D eigenvalue weighted by molar-refractivity contribution is 0.397. The van der Waals surface area contributed by atoms with Gasteiger partial charge in [0.2, 0.25) is 5.88 Å². The van der Waals surface area contributed by atoms with Gasteiger partial charge in [0.05, 0.1) is 17.7 Å². The van der Waals surface area contributed by atoms with E-state index >= 15 is 0 Å². The van der Waals surface area contributed by atoms with Crippen LogP contribution in [0.25, 0.3) is 0 Å². The smallest absolute Gasteiger partial charge is 0.224 e. The summed E-state index contributed by atoms with van der Waals surface area (Å²) in [5.41, 5.74) is 1.02. The Morgan fingerprint density at radius 3 is 2.89 bits per heavy atom. The Morgan fingerprint density at radius 2 is 2.21 bits per heavy atom. The lowest BCUT2D eigenvalue weighted by Gasteiger charge is -2.11. The number of halogens is 2. The van der Waals surface area contributed by atoms with Crippen molar-refractivity contribution in [2.24, 2.45) is 0 Å². The molecule has 0 radical (unpaired) electrons. The molecular formula is C13H11ClFN3O. The number of benzene rings is 1. The van der Waals surface area contributed by atoms with Gasteiger partial charge in [-0.3, -0.25) is 5.41 Å². The number of amidine groups is 1. The molecule has 1 heterocycles. The van der Waals surface area contributed by atoms with Crippen molar-refractivity contribution in [3.63, 3.8) is 0 Å². The molecule has 0 aliphatic rings. The molecule has 2 aromatic rings. The maximum Gasteiger partial charge on any atom is 0.224 e. The van der Waals surface area contributed by atoms with Gasteiger partial charge in [-0.1, -0.05) is 11.6 Å². The summed E-state index contributed by atoms with van der Waals surface area (Å²) in [5, 5.41) is 10.8. The predicted molar refractivity (Wildman–Crippen MR) is 72.7 cm³/mol. The second kappa shape index (κ2) is 5.67. The molecule has 6 heteroatoms. The fourth-order valence-corrected chi connectivity index (χ4v) is 1.71. The first-order valence-corrected chi connectivity index (χ1v) is 5.79. The van der Waals surface area contributed by atoms with Crippen molar-refractivity contribution in [3.05, 3.63) is 52.9 Å². The molecule has 0 bridgehead atoms. The normalized spacial score (nSPS) is 10.1. The number of hydrogen-bond donors (Lipinski definition) is 2. The van der Waals surface area contributed by atoms with Crippen LogP contribution in [-0.4, -0.2) is 17.9 Å². The van der Waals surface area contributed by atoms with Crippen LogP contribution < -0.4 is 10.1 Å². The summed E-state index contributed by atoms with van der Waals surface area (Å²) in [6.07, 6.45) is 1.57. The second-order valence-corrected chi connectivity index (χ2v) is 4.10. The van der Waals surface area contributed by atoms with E-state index in [0.717, 1.165) is 0 Å². The van der Waals surface area contributed by atoms with Crippen molar-refractivity contribution in [2.45, 2.75) is 0 Å². The fourth-order valence-electron chi connectivity index (χ4n) is 1.53. The van der Waals surface area contributed by atoms with Crippen molar-refractivity contribution < 1.29 is 9.13 Å². The van der Waals surface area contributed by atoms with Crippen molar-refractivity contribution in [3.8, 4) is 5.88 Å². The number of rotatable bonds is 3. The van der Waals surface area contributed by atoms with Crippen LogP contribution in [0.15, 0.2) is 36.5 Å². The molecule has 98 valence electrons. The van der Waals surface area contributed by atoms with E-state index in [0.29, 0.717) is 17.1 Å². The van der Waals surface area contributed by atoms with Crippen LogP contribution in [-0.2, 0) is 0 Å². The van der Waals surface area contributed by atoms with Crippen LogP contribution in [0.2, 0.25) is 5.02 Å². The number of nitrogens with zero attached hydrogens (tertiary/aromatic N) is 1. The van der Waals surface area contributed by atoms with E-state index < -0.39 is 5.82 Å². The van der Waals surface area contributed by atoms with Crippen molar-refractivity contribution in [1.29, 1.82) is 5.41 Å². The lowest BCUT2D eigenvalue weighted by Crippen LogP contribution is -2.13. The van der Waals surface area contributed by atoms with Gasteiger partial charge in [0, 0.05) is 11.9 Å². The predicted octanol–water partition coefficient (Wildman–Crippen LogP) is 3.32. The minimum absolute atomic E-state index is 0.00375. The van der Waals surface area contributed by atoms with E-state index in [4.69, 9.17) is 21.7 Å². The van der Waals surface area contributed by atoms with Gasteiger partial charge >= 0.3 is 0 Å². The molecule has 0 atom stereocenters. The Balaban J connectivity index is 2.23. The number of hydrogen-bond acceptors (Lipinski definition) is 3. The van der Waals surface area contributed by atoms with E-state index in [2.05, 4.69) is 10.3 Å². The van der Waals surface area contributed by atoms with E-state index in [-0.39, 0.29) is 10.9 Å². The summed E-state index contributed by atoms with van der Waals surface area (Å²) in [7, 11) is 1.48. The SMILES string of the molecule is COc1ncccc1C(=N)Nc1ccc(F)c(Cl)c1. The van der Waals surface area contributed by atoms with Crippen molar-refractivity contribution in [2.75, 3.05) is 12.4 Å². The topological polar surface area (TPSA) is 58.0 Å². The number of pyridine rings is 1. The molecule has 4 nitrogen and oxygen atoms in total. The third kappa shape index (κ3) is 3.00. The molecule has 0 amide bonds.